The molecule has 0 unspecified atom stereocenters. The van der Waals surface area contributed by atoms with Crippen LogP contribution in [0.25, 0.3) is 11.0 Å². The molecule has 142 valence electrons. The molecule has 2 aromatic rings. The SMILES string of the molecule is CC(C)(C)OC(=O)NCCNC(=S)NCCc1nc2ccc(F)cc2[nH]1. The van der Waals surface area contributed by atoms with Crippen molar-refractivity contribution in [1.29, 1.82) is 0 Å². The lowest BCUT2D eigenvalue weighted by molar-refractivity contribution is 0.0529. The Morgan fingerprint density at radius 1 is 1.23 bits per heavy atom. The molecule has 4 N–H and O–H groups in total. The molecule has 0 saturated carbocycles. The van der Waals surface area contributed by atoms with E-state index in [0.29, 0.717) is 36.7 Å². The molecule has 0 radical (unpaired) electrons. The number of hydrogen-bond acceptors (Lipinski definition) is 4. The largest absolute Gasteiger partial charge is 0.444 e. The van der Waals surface area contributed by atoms with Crippen molar-refractivity contribution in [3.05, 3.63) is 29.8 Å². The summed E-state index contributed by atoms with van der Waals surface area (Å²) in [5.41, 5.74) is 0.890. The number of rotatable bonds is 6. The van der Waals surface area contributed by atoms with Crippen molar-refractivity contribution in [1.82, 2.24) is 25.9 Å². The van der Waals surface area contributed by atoms with Crippen LogP contribution in [0.3, 0.4) is 0 Å². The lowest BCUT2D eigenvalue weighted by Gasteiger charge is -2.19. The molecule has 2 rings (SSSR count). The van der Waals surface area contributed by atoms with Gasteiger partial charge in [-0.2, -0.15) is 0 Å². The molecule has 0 aliphatic rings. The number of carbonyl (C=O) groups is 1. The molecule has 0 saturated heterocycles. The standard InChI is InChI=1S/C17H24FN5O2S/c1-17(2,3)25-16(24)21-9-8-20-15(26)19-7-6-14-22-12-5-4-11(18)10-13(12)23-14/h4-5,10H,6-9H2,1-3H3,(H,21,24)(H,22,23)(H2,19,20,26). The number of amides is 1. The molecule has 0 spiro atoms. The Morgan fingerprint density at radius 3 is 2.65 bits per heavy atom. The number of hydrogen-bond donors (Lipinski definition) is 4. The highest BCUT2D eigenvalue weighted by Gasteiger charge is 2.15. The van der Waals surface area contributed by atoms with Crippen LogP contribution < -0.4 is 16.0 Å². The predicted molar refractivity (Wildman–Crippen MR) is 103 cm³/mol. The fourth-order valence-corrected chi connectivity index (χ4v) is 2.37. The van der Waals surface area contributed by atoms with Gasteiger partial charge < -0.3 is 25.7 Å². The van der Waals surface area contributed by atoms with Crippen LogP contribution >= 0.6 is 12.2 Å². The molecule has 0 fully saturated rings. The molecule has 1 aromatic carbocycles. The lowest BCUT2D eigenvalue weighted by atomic mass is 10.2. The topological polar surface area (TPSA) is 91.1 Å². The van der Waals surface area contributed by atoms with Crippen LogP contribution in [0.1, 0.15) is 26.6 Å². The van der Waals surface area contributed by atoms with Crippen LogP contribution in [-0.2, 0) is 11.2 Å². The van der Waals surface area contributed by atoms with Gasteiger partial charge in [0.25, 0.3) is 0 Å². The van der Waals surface area contributed by atoms with Gasteiger partial charge in [-0.1, -0.05) is 0 Å². The van der Waals surface area contributed by atoms with E-state index in [1.807, 2.05) is 20.8 Å². The Kier molecular flexibility index (Phi) is 6.73. The Labute approximate surface area is 157 Å². The zero-order chi connectivity index (χ0) is 19.2. The molecule has 1 amide bonds. The highest BCUT2D eigenvalue weighted by molar-refractivity contribution is 7.80. The summed E-state index contributed by atoms with van der Waals surface area (Å²) in [6.45, 7) is 6.88. The average molecular weight is 381 g/mol. The molecular formula is C17H24FN5O2S. The van der Waals surface area contributed by atoms with Gasteiger partial charge in [0.15, 0.2) is 5.11 Å². The van der Waals surface area contributed by atoms with E-state index < -0.39 is 11.7 Å². The summed E-state index contributed by atoms with van der Waals surface area (Å²) in [6.07, 6.45) is 0.161. The number of ether oxygens (including phenoxy) is 1. The van der Waals surface area contributed by atoms with Crippen molar-refractivity contribution < 1.29 is 13.9 Å². The maximum atomic E-state index is 13.2. The lowest BCUT2D eigenvalue weighted by Crippen LogP contribution is -2.41. The molecule has 0 atom stereocenters. The fourth-order valence-electron chi connectivity index (χ4n) is 2.16. The van der Waals surface area contributed by atoms with Crippen molar-refractivity contribution in [2.75, 3.05) is 19.6 Å². The highest BCUT2D eigenvalue weighted by Crippen LogP contribution is 2.12. The number of alkyl carbamates (subject to hydrolysis) is 1. The third kappa shape index (κ3) is 6.83. The van der Waals surface area contributed by atoms with E-state index in [2.05, 4.69) is 25.9 Å². The third-order valence-electron chi connectivity index (χ3n) is 3.22. The first kappa shape index (κ1) is 19.9. The number of aromatic amines is 1. The van der Waals surface area contributed by atoms with Gasteiger partial charge in [-0.25, -0.2) is 14.2 Å². The third-order valence-corrected chi connectivity index (χ3v) is 3.51. The van der Waals surface area contributed by atoms with Crippen LogP contribution in [0.15, 0.2) is 18.2 Å². The first-order valence-corrected chi connectivity index (χ1v) is 8.76. The van der Waals surface area contributed by atoms with E-state index in [1.165, 1.54) is 12.1 Å². The van der Waals surface area contributed by atoms with Crippen molar-refractivity contribution in [2.24, 2.45) is 0 Å². The van der Waals surface area contributed by atoms with E-state index >= 15 is 0 Å². The second-order valence-corrected chi connectivity index (χ2v) is 7.11. The number of aromatic nitrogens is 2. The van der Waals surface area contributed by atoms with Gasteiger partial charge in [0, 0.05) is 26.1 Å². The summed E-state index contributed by atoms with van der Waals surface area (Å²) in [6, 6.07) is 4.45. The normalized spacial score (nSPS) is 11.2. The van der Waals surface area contributed by atoms with Gasteiger partial charge in [-0.15, -0.1) is 0 Å². The van der Waals surface area contributed by atoms with Crippen LogP contribution in [0.2, 0.25) is 0 Å². The maximum absolute atomic E-state index is 13.2. The summed E-state index contributed by atoms with van der Waals surface area (Å²) < 4.78 is 18.3. The van der Waals surface area contributed by atoms with Gasteiger partial charge in [0.2, 0.25) is 0 Å². The summed E-state index contributed by atoms with van der Waals surface area (Å²) in [7, 11) is 0. The van der Waals surface area contributed by atoms with Crippen LogP contribution in [0.4, 0.5) is 9.18 Å². The quantitative estimate of drug-likeness (QED) is 0.453. The highest BCUT2D eigenvalue weighted by atomic mass is 32.1. The molecule has 26 heavy (non-hydrogen) atoms. The average Bonchev–Trinajstić information content (AvgIpc) is 2.91. The second kappa shape index (κ2) is 8.79. The Hall–Kier alpha value is -2.42. The Balaban J connectivity index is 1.62. The number of fused-ring (bicyclic) bond motifs is 1. The molecule has 0 aliphatic carbocycles. The fraction of sp³-hybridized carbons (Fsp3) is 0.471. The summed E-state index contributed by atoms with van der Waals surface area (Å²) in [5.74, 6) is 0.462. The summed E-state index contributed by atoms with van der Waals surface area (Å²) in [4.78, 5) is 18.9. The van der Waals surface area contributed by atoms with E-state index in [9.17, 15) is 9.18 Å². The van der Waals surface area contributed by atoms with E-state index in [1.54, 1.807) is 6.07 Å². The molecule has 0 bridgehead atoms. The molecule has 1 heterocycles. The number of imidazole rings is 1. The number of thiocarbonyl (C=S) groups is 1. The van der Waals surface area contributed by atoms with Crippen LogP contribution in [0, 0.1) is 5.82 Å². The van der Waals surface area contributed by atoms with E-state index in [4.69, 9.17) is 17.0 Å². The van der Waals surface area contributed by atoms with Crippen LogP contribution in [-0.4, -0.2) is 46.4 Å². The van der Waals surface area contributed by atoms with Gasteiger partial charge in [-0.3, -0.25) is 0 Å². The smallest absolute Gasteiger partial charge is 0.407 e. The van der Waals surface area contributed by atoms with Crippen molar-refractivity contribution in [2.45, 2.75) is 32.8 Å². The summed E-state index contributed by atoms with van der Waals surface area (Å²) >= 11 is 5.17. The molecular weight excluding hydrogens is 357 g/mol. The number of nitrogens with zero attached hydrogens (tertiary/aromatic N) is 1. The zero-order valence-electron chi connectivity index (χ0n) is 15.1. The number of H-pyrrole nitrogens is 1. The van der Waals surface area contributed by atoms with Crippen molar-refractivity contribution >= 4 is 34.5 Å². The minimum absolute atomic E-state index is 0.295. The second-order valence-electron chi connectivity index (χ2n) is 6.71. The van der Waals surface area contributed by atoms with Crippen molar-refractivity contribution in [3.8, 4) is 0 Å². The first-order valence-electron chi connectivity index (χ1n) is 8.35. The van der Waals surface area contributed by atoms with E-state index in [0.717, 1.165) is 11.3 Å². The van der Waals surface area contributed by atoms with Gasteiger partial charge in [-0.05, 0) is 51.2 Å². The number of nitrogens with one attached hydrogen (secondary N) is 4. The number of benzene rings is 1. The minimum atomic E-state index is -0.517. The summed E-state index contributed by atoms with van der Waals surface area (Å²) in [5, 5.41) is 9.17. The number of carbonyl (C=O) groups excluding carboxylic acids is 1. The first-order chi connectivity index (χ1) is 12.2. The van der Waals surface area contributed by atoms with Gasteiger partial charge in [0.1, 0.15) is 17.2 Å². The maximum Gasteiger partial charge on any atom is 0.407 e. The molecule has 1 aromatic heterocycles. The predicted octanol–water partition coefficient (Wildman–Crippen LogP) is 2.23. The minimum Gasteiger partial charge on any atom is -0.444 e. The Bertz CT molecular complexity index is 772. The van der Waals surface area contributed by atoms with Crippen LogP contribution in [0.5, 0.6) is 0 Å². The molecule has 7 nitrogen and oxygen atoms in total. The number of halogens is 1. The zero-order valence-corrected chi connectivity index (χ0v) is 15.9. The van der Waals surface area contributed by atoms with Gasteiger partial charge >= 0.3 is 6.09 Å². The molecule has 0 aliphatic heterocycles. The Morgan fingerprint density at radius 2 is 1.92 bits per heavy atom. The monoisotopic (exact) mass is 381 g/mol. The van der Waals surface area contributed by atoms with Crippen molar-refractivity contribution in [3.63, 3.8) is 0 Å². The van der Waals surface area contributed by atoms with Gasteiger partial charge in [0.05, 0.1) is 11.0 Å². The van der Waals surface area contributed by atoms with E-state index in [-0.39, 0.29) is 5.82 Å². The molecule has 9 heteroatoms.